The number of ether oxygens (including phenoxy) is 1. The number of carbonyl (C=O) groups excluding carboxylic acids is 2. The Kier molecular flexibility index (Phi) is 3.22. The van der Waals surface area contributed by atoms with Crippen molar-refractivity contribution in [2.45, 2.75) is 64.4 Å². The second-order valence-corrected chi connectivity index (χ2v) is 10.8. The van der Waals surface area contributed by atoms with E-state index in [2.05, 4.69) is 19.9 Å². The third-order valence-corrected chi connectivity index (χ3v) is 9.78. The highest BCUT2D eigenvalue weighted by Gasteiger charge is 2.79. The van der Waals surface area contributed by atoms with Crippen molar-refractivity contribution in [3.63, 3.8) is 0 Å². The molecular weight excluding hydrogens is 368 g/mol. The maximum absolute atomic E-state index is 12.4. The van der Waals surface area contributed by atoms with E-state index in [0.717, 1.165) is 31.3 Å². The highest BCUT2D eigenvalue weighted by Crippen LogP contribution is 2.78. The van der Waals surface area contributed by atoms with Gasteiger partial charge in [0.05, 0.1) is 5.92 Å². The van der Waals surface area contributed by atoms with E-state index in [1.54, 1.807) is 0 Å². The highest BCUT2D eigenvalue weighted by atomic mass is 16.6. The number of esters is 1. The quantitative estimate of drug-likeness (QED) is 0.540. The average molecular weight is 396 g/mol. The molecule has 1 saturated heterocycles. The lowest BCUT2D eigenvalue weighted by atomic mass is 9.48. The third-order valence-electron chi connectivity index (χ3n) is 9.78. The Morgan fingerprint density at radius 3 is 2.69 bits per heavy atom. The molecular formula is C24H28O5. The van der Waals surface area contributed by atoms with Gasteiger partial charge in [-0.2, -0.15) is 0 Å². The van der Waals surface area contributed by atoms with Gasteiger partial charge < -0.3 is 9.84 Å². The van der Waals surface area contributed by atoms with Crippen LogP contribution in [-0.2, 0) is 19.1 Å². The van der Waals surface area contributed by atoms with Crippen LogP contribution < -0.4 is 0 Å². The molecule has 1 aliphatic heterocycles. The minimum Gasteiger partial charge on any atom is -0.481 e. The molecule has 4 fully saturated rings. The van der Waals surface area contributed by atoms with Gasteiger partial charge in [0, 0.05) is 41.9 Å². The summed E-state index contributed by atoms with van der Waals surface area (Å²) in [5.74, 6) is -0.244. The predicted molar refractivity (Wildman–Crippen MR) is 104 cm³/mol. The Balaban J connectivity index is 1.51. The van der Waals surface area contributed by atoms with Crippen molar-refractivity contribution in [2.75, 3.05) is 0 Å². The predicted octanol–water partition coefficient (Wildman–Crippen LogP) is 3.68. The molecule has 1 heterocycles. The molecule has 0 bridgehead atoms. The first-order valence-electron chi connectivity index (χ1n) is 11.1. The van der Waals surface area contributed by atoms with Crippen molar-refractivity contribution in [3.8, 4) is 0 Å². The number of rotatable bonds is 1. The lowest BCUT2D eigenvalue weighted by molar-refractivity contribution is -0.167. The lowest BCUT2D eigenvalue weighted by Crippen LogP contribution is -2.55. The van der Waals surface area contributed by atoms with Crippen molar-refractivity contribution in [3.05, 3.63) is 23.3 Å². The molecule has 29 heavy (non-hydrogen) atoms. The van der Waals surface area contributed by atoms with Crippen LogP contribution in [0.2, 0.25) is 0 Å². The average Bonchev–Trinajstić information content (AvgIpc) is 3.30. The van der Waals surface area contributed by atoms with Crippen molar-refractivity contribution in [1.82, 2.24) is 0 Å². The molecule has 1 N–H and O–H groups in total. The summed E-state index contributed by atoms with van der Waals surface area (Å²) in [6.07, 6.45) is 9.12. The molecule has 5 aliphatic carbocycles. The van der Waals surface area contributed by atoms with Gasteiger partial charge in [-0.15, -0.1) is 0 Å². The summed E-state index contributed by atoms with van der Waals surface area (Å²) in [7, 11) is 0. The van der Waals surface area contributed by atoms with Gasteiger partial charge in [0.1, 0.15) is 11.4 Å². The van der Waals surface area contributed by atoms with E-state index < -0.39 is 17.5 Å². The lowest BCUT2D eigenvalue weighted by Gasteiger charge is -2.56. The summed E-state index contributed by atoms with van der Waals surface area (Å²) in [5.41, 5.74) is 1.47. The Hall–Kier alpha value is -1.91. The number of fused-ring (bicyclic) bond motifs is 9. The first-order valence-corrected chi connectivity index (χ1v) is 11.1. The van der Waals surface area contributed by atoms with Gasteiger partial charge in [-0.25, -0.2) is 0 Å². The van der Waals surface area contributed by atoms with Crippen LogP contribution in [0, 0.1) is 40.4 Å². The van der Waals surface area contributed by atoms with Crippen molar-refractivity contribution in [2.24, 2.45) is 40.4 Å². The fourth-order valence-electron chi connectivity index (χ4n) is 8.38. The van der Waals surface area contributed by atoms with Crippen LogP contribution in [0.25, 0.3) is 0 Å². The zero-order chi connectivity index (χ0) is 20.3. The minimum absolute atomic E-state index is 0.0538. The minimum atomic E-state index is -0.792. The highest BCUT2D eigenvalue weighted by molar-refractivity contribution is 5.84. The third kappa shape index (κ3) is 1.95. The maximum atomic E-state index is 12.4. The van der Waals surface area contributed by atoms with Crippen LogP contribution in [0.15, 0.2) is 23.3 Å². The maximum Gasteiger partial charge on any atom is 0.310 e. The van der Waals surface area contributed by atoms with Crippen LogP contribution in [0.1, 0.15) is 58.8 Å². The molecule has 5 nitrogen and oxygen atoms in total. The number of allylic oxidation sites excluding steroid dienone is 3. The number of ketones is 1. The van der Waals surface area contributed by atoms with E-state index in [1.165, 1.54) is 5.57 Å². The molecule has 0 aromatic carbocycles. The molecule has 0 radical (unpaired) electrons. The topological polar surface area (TPSA) is 80.7 Å². The van der Waals surface area contributed by atoms with Crippen LogP contribution >= 0.6 is 0 Å². The summed E-state index contributed by atoms with van der Waals surface area (Å²) >= 11 is 0. The standard InChI is InChI=1S/C24H28O5/c1-22-6-3-13(25)9-12(22)10-15(21(27)28)19-16(22)4-7-23(2)20(19)14-11-17(14)24(23)8-5-18(26)29-24/h4,10,14-15,17,19-20H,3,5-9,11H2,1-2H3,(H,27,28)/t14-,15-,17+,19?,20?,22+,23+,24+/m1/s1. The molecule has 0 amide bonds. The Morgan fingerprint density at radius 1 is 1.21 bits per heavy atom. The van der Waals surface area contributed by atoms with Crippen LogP contribution in [0.5, 0.6) is 0 Å². The van der Waals surface area contributed by atoms with E-state index in [1.807, 2.05) is 6.08 Å². The van der Waals surface area contributed by atoms with Crippen LogP contribution in [0.4, 0.5) is 0 Å². The first-order chi connectivity index (χ1) is 13.7. The number of carboxylic acids is 1. The van der Waals surface area contributed by atoms with E-state index in [-0.39, 0.29) is 34.4 Å². The second kappa shape index (κ2) is 5.22. The zero-order valence-corrected chi connectivity index (χ0v) is 17.1. The molecule has 154 valence electrons. The molecule has 1 spiro atoms. The number of carbonyl (C=O) groups is 3. The Bertz CT molecular complexity index is 930. The summed E-state index contributed by atoms with van der Waals surface area (Å²) in [4.78, 5) is 36.7. The number of hydrogen-bond donors (Lipinski definition) is 1. The van der Waals surface area contributed by atoms with Crippen LogP contribution in [-0.4, -0.2) is 28.4 Å². The molecule has 2 unspecified atom stereocenters. The van der Waals surface area contributed by atoms with Gasteiger partial charge in [0.15, 0.2) is 0 Å². The van der Waals surface area contributed by atoms with Gasteiger partial charge in [0.2, 0.25) is 0 Å². The molecule has 6 aliphatic rings. The van der Waals surface area contributed by atoms with Gasteiger partial charge in [-0.3, -0.25) is 14.4 Å². The normalized spacial score (nSPS) is 52.0. The van der Waals surface area contributed by atoms with Crippen molar-refractivity contribution < 1.29 is 24.2 Å². The second-order valence-electron chi connectivity index (χ2n) is 10.8. The van der Waals surface area contributed by atoms with E-state index >= 15 is 0 Å². The largest absolute Gasteiger partial charge is 0.481 e. The number of hydrogen-bond acceptors (Lipinski definition) is 4. The van der Waals surface area contributed by atoms with E-state index in [4.69, 9.17) is 4.74 Å². The number of aliphatic carboxylic acids is 1. The summed E-state index contributed by atoms with van der Waals surface area (Å²) < 4.78 is 6.08. The zero-order valence-electron chi connectivity index (χ0n) is 17.1. The fraction of sp³-hybridized carbons (Fsp3) is 0.708. The summed E-state index contributed by atoms with van der Waals surface area (Å²) in [5, 5.41) is 10.2. The molecule has 3 saturated carbocycles. The van der Waals surface area contributed by atoms with E-state index in [9.17, 15) is 19.5 Å². The SMILES string of the molecule is C[C@]12CCC(=O)CC1=C[C@@H](C(=O)O)C1C2=CC[C@@]2(C)C1[C@@H]1C[C@@H]1[C@@]21CCC(=O)O1. The molecule has 5 heteroatoms. The summed E-state index contributed by atoms with van der Waals surface area (Å²) in [6, 6.07) is 0. The molecule has 0 aromatic heterocycles. The van der Waals surface area contributed by atoms with Gasteiger partial charge >= 0.3 is 11.9 Å². The summed E-state index contributed by atoms with van der Waals surface area (Å²) in [6.45, 7) is 4.47. The fourth-order valence-corrected chi connectivity index (χ4v) is 8.38. The van der Waals surface area contributed by atoms with Crippen LogP contribution in [0.3, 0.4) is 0 Å². The number of Topliss-reactive ketones (excluding diaryl/α,β-unsaturated/α-hetero) is 1. The monoisotopic (exact) mass is 396 g/mol. The Morgan fingerprint density at radius 2 is 2.00 bits per heavy atom. The molecule has 0 aromatic rings. The molecule has 6 rings (SSSR count). The Labute approximate surface area is 170 Å². The van der Waals surface area contributed by atoms with Crippen molar-refractivity contribution >= 4 is 17.7 Å². The van der Waals surface area contributed by atoms with Gasteiger partial charge in [-0.1, -0.05) is 37.1 Å². The molecule has 8 atom stereocenters. The van der Waals surface area contributed by atoms with Gasteiger partial charge in [0.25, 0.3) is 0 Å². The number of carboxylic acid groups (broad SMARTS) is 1. The smallest absolute Gasteiger partial charge is 0.310 e. The van der Waals surface area contributed by atoms with Crippen molar-refractivity contribution in [1.29, 1.82) is 0 Å². The first kappa shape index (κ1) is 17.9. The van der Waals surface area contributed by atoms with E-state index in [0.29, 0.717) is 31.1 Å². The van der Waals surface area contributed by atoms with Gasteiger partial charge in [-0.05, 0) is 37.5 Å².